The van der Waals surface area contributed by atoms with Crippen molar-refractivity contribution in [3.63, 3.8) is 0 Å². The van der Waals surface area contributed by atoms with Gasteiger partial charge in [-0.2, -0.15) is 0 Å². The van der Waals surface area contributed by atoms with Crippen molar-refractivity contribution < 1.29 is 19.7 Å². The maximum atomic E-state index is 11.7. The Bertz CT molecular complexity index is 391. The maximum Gasteiger partial charge on any atom is 0.337 e. The maximum absolute atomic E-state index is 11.7. The van der Waals surface area contributed by atoms with E-state index in [0.29, 0.717) is 5.57 Å². The van der Waals surface area contributed by atoms with Crippen LogP contribution in [0.15, 0.2) is 11.6 Å². The molecule has 4 heteroatoms. The first-order valence-corrected chi connectivity index (χ1v) is 9.77. The van der Waals surface area contributed by atoms with Crippen LogP contribution in [0.25, 0.3) is 0 Å². The Morgan fingerprint density at radius 2 is 1.50 bits per heavy atom. The molecule has 0 unspecified atom stereocenters. The van der Waals surface area contributed by atoms with Crippen LogP contribution in [0.4, 0.5) is 0 Å². The summed E-state index contributed by atoms with van der Waals surface area (Å²) in [5, 5.41) is 19.3. The summed E-state index contributed by atoms with van der Waals surface area (Å²) in [6, 6.07) is 0. The second kappa shape index (κ2) is 11.6. The van der Waals surface area contributed by atoms with Crippen LogP contribution >= 0.6 is 0 Å². The molecule has 2 N–H and O–H groups in total. The summed E-state index contributed by atoms with van der Waals surface area (Å²) in [7, 11) is 0. The minimum Gasteiger partial charge on any atom is -0.450 e. The van der Waals surface area contributed by atoms with Gasteiger partial charge in [0.05, 0.1) is 12.2 Å². The lowest BCUT2D eigenvalue weighted by Crippen LogP contribution is -2.40. The van der Waals surface area contributed by atoms with Gasteiger partial charge in [0.15, 0.2) is 5.60 Å². The van der Waals surface area contributed by atoms with Crippen LogP contribution < -0.4 is 0 Å². The lowest BCUT2D eigenvalue weighted by Gasteiger charge is -2.22. The molecule has 1 aliphatic rings. The van der Waals surface area contributed by atoms with Crippen molar-refractivity contribution in [2.24, 2.45) is 0 Å². The second-order valence-corrected chi connectivity index (χ2v) is 7.25. The van der Waals surface area contributed by atoms with Crippen LogP contribution in [-0.2, 0) is 9.53 Å². The third-order valence-corrected chi connectivity index (χ3v) is 4.92. The molecule has 1 fully saturated rings. The van der Waals surface area contributed by atoms with Gasteiger partial charge >= 0.3 is 5.97 Å². The molecule has 0 spiro atoms. The van der Waals surface area contributed by atoms with Crippen molar-refractivity contribution >= 4 is 5.97 Å². The Balaban J connectivity index is 2.05. The molecule has 0 aromatic heterocycles. The molecular weight excluding hydrogens is 304 g/mol. The SMILES string of the molecule is CCCCCCCCCCCCC/C=C1\C(=O)O[C@@](C)(CO)[C@@H]1O. The van der Waals surface area contributed by atoms with Gasteiger partial charge in [-0.25, -0.2) is 4.79 Å². The lowest BCUT2D eigenvalue weighted by atomic mass is 9.96. The number of rotatable bonds is 13. The normalized spacial score (nSPS) is 25.4. The van der Waals surface area contributed by atoms with E-state index in [4.69, 9.17) is 4.74 Å². The fraction of sp³-hybridized carbons (Fsp3) is 0.850. The van der Waals surface area contributed by atoms with E-state index in [1.54, 1.807) is 13.0 Å². The van der Waals surface area contributed by atoms with E-state index in [1.807, 2.05) is 0 Å². The van der Waals surface area contributed by atoms with Crippen LogP contribution in [0.5, 0.6) is 0 Å². The number of carbonyl (C=O) groups excluding carboxylic acids is 1. The van der Waals surface area contributed by atoms with Gasteiger partial charge in [-0.3, -0.25) is 0 Å². The molecule has 1 aliphatic heterocycles. The topological polar surface area (TPSA) is 66.8 Å². The summed E-state index contributed by atoms with van der Waals surface area (Å²) in [4.78, 5) is 11.7. The summed E-state index contributed by atoms with van der Waals surface area (Å²) < 4.78 is 5.07. The van der Waals surface area contributed by atoms with Crippen LogP contribution in [0.3, 0.4) is 0 Å². The molecule has 0 amide bonds. The average molecular weight is 341 g/mol. The van der Waals surface area contributed by atoms with Crippen LogP contribution in [0.1, 0.15) is 90.9 Å². The van der Waals surface area contributed by atoms with E-state index in [0.717, 1.165) is 19.3 Å². The first-order chi connectivity index (χ1) is 11.5. The molecule has 0 radical (unpaired) electrons. The highest BCUT2D eigenvalue weighted by atomic mass is 16.6. The molecule has 1 rings (SSSR count). The van der Waals surface area contributed by atoms with Gasteiger partial charge in [-0.15, -0.1) is 0 Å². The zero-order valence-corrected chi connectivity index (χ0v) is 15.6. The monoisotopic (exact) mass is 340 g/mol. The molecule has 0 aliphatic carbocycles. The van der Waals surface area contributed by atoms with Crippen molar-refractivity contribution in [2.45, 2.75) is 103 Å². The minimum atomic E-state index is -1.18. The highest BCUT2D eigenvalue weighted by Gasteiger charge is 2.48. The number of aliphatic hydroxyl groups is 2. The fourth-order valence-corrected chi connectivity index (χ4v) is 3.15. The number of ether oxygens (including phenoxy) is 1. The van der Waals surface area contributed by atoms with Crippen molar-refractivity contribution in [3.05, 3.63) is 11.6 Å². The van der Waals surface area contributed by atoms with Crippen molar-refractivity contribution in [2.75, 3.05) is 6.61 Å². The standard InChI is InChI=1S/C20H36O4/c1-3-4-5-6-7-8-9-10-11-12-13-14-15-17-18(22)20(2,16-21)24-19(17)23/h15,18,21-22H,3-14,16H2,1-2H3/b17-15-/t18-,20+/m1/s1. The highest BCUT2D eigenvalue weighted by Crippen LogP contribution is 2.31. The lowest BCUT2D eigenvalue weighted by molar-refractivity contribution is -0.152. The van der Waals surface area contributed by atoms with E-state index < -0.39 is 17.7 Å². The number of allylic oxidation sites excluding steroid dienone is 1. The Labute approximate surface area is 147 Å². The largest absolute Gasteiger partial charge is 0.450 e. The summed E-state index contributed by atoms with van der Waals surface area (Å²) >= 11 is 0. The smallest absolute Gasteiger partial charge is 0.337 e. The number of cyclic esters (lactones) is 1. The van der Waals surface area contributed by atoms with Gasteiger partial charge in [0.25, 0.3) is 0 Å². The van der Waals surface area contributed by atoms with Crippen LogP contribution in [-0.4, -0.2) is 34.5 Å². The van der Waals surface area contributed by atoms with Crippen molar-refractivity contribution in [3.8, 4) is 0 Å². The van der Waals surface area contributed by atoms with Gasteiger partial charge in [0.2, 0.25) is 0 Å². The number of carbonyl (C=O) groups is 1. The first-order valence-electron chi connectivity index (χ1n) is 9.77. The summed E-state index contributed by atoms with van der Waals surface area (Å²) in [5.41, 5.74) is -0.876. The molecule has 0 saturated carbocycles. The van der Waals surface area contributed by atoms with Gasteiger partial charge in [0.1, 0.15) is 6.10 Å². The first kappa shape index (κ1) is 21.2. The molecule has 140 valence electrons. The van der Waals surface area contributed by atoms with E-state index in [2.05, 4.69) is 6.92 Å². The van der Waals surface area contributed by atoms with Gasteiger partial charge in [-0.1, -0.05) is 77.2 Å². The van der Waals surface area contributed by atoms with Gasteiger partial charge in [0, 0.05) is 0 Å². The predicted octanol–water partition coefficient (Wildman–Crippen LogP) is 4.28. The average Bonchev–Trinajstić information content (AvgIpc) is 2.79. The highest BCUT2D eigenvalue weighted by molar-refractivity contribution is 5.92. The summed E-state index contributed by atoms with van der Waals surface area (Å²) in [5.74, 6) is -0.498. The number of hydrogen-bond acceptors (Lipinski definition) is 4. The van der Waals surface area contributed by atoms with E-state index in [1.165, 1.54) is 57.8 Å². The molecule has 1 heterocycles. The number of esters is 1. The molecule has 0 bridgehead atoms. The molecule has 1 saturated heterocycles. The number of aliphatic hydroxyl groups excluding tert-OH is 2. The predicted molar refractivity (Wildman–Crippen MR) is 96.8 cm³/mol. The minimum absolute atomic E-state index is 0.304. The summed E-state index contributed by atoms with van der Waals surface area (Å²) in [6.45, 7) is 3.44. The molecule has 24 heavy (non-hydrogen) atoms. The zero-order valence-electron chi connectivity index (χ0n) is 15.6. The van der Waals surface area contributed by atoms with E-state index in [9.17, 15) is 15.0 Å². The van der Waals surface area contributed by atoms with Crippen LogP contribution in [0, 0.1) is 0 Å². The zero-order chi connectivity index (χ0) is 17.8. The Morgan fingerprint density at radius 1 is 1.00 bits per heavy atom. The van der Waals surface area contributed by atoms with Gasteiger partial charge < -0.3 is 14.9 Å². The Hall–Kier alpha value is -0.870. The summed E-state index contributed by atoms with van der Waals surface area (Å²) in [6.07, 6.45) is 15.7. The molecular formula is C20H36O4. The second-order valence-electron chi connectivity index (χ2n) is 7.25. The fourth-order valence-electron chi connectivity index (χ4n) is 3.15. The van der Waals surface area contributed by atoms with Crippen molar-refractivity contribution in [1.29, 1.82) is 0 Å². The van der Waals surface area contributed by atoms with Crippen molar-refractivity contribution in [1.82, 2.24) is 0 Å². The molecule has 2 atom stereocenters. The van der Waals surface area contributed by atoms with Gasteiger partial charge in [-0.05, 0) is 19.8 Å². The Morgan fingerprint density at radius 3 is 1.96 bits per heavy atom. The molecule has 0 aromatic rings. The van der Waals surface area contributed by atoms with E-state index >= 15 is 0 Å². The third kappa shape index (κ3) is 6.94. The third-order valence-electron chi connectivity index (χ3n) is 4.92. The number of hydrogen-bond donors (Lipinski definition) is 2. The Kier molecular flexibility index (Phi) is 10.3. The molecule has 0 aromatic carbocycles. The number of unbranched alkanes of at least 4 members (excludes halogenated alkanes) is 11. The van der Waals surface area contributed by atoms with E-state index in [-0.39, 0.29) is 6.61 Å². The van der Waals surface area contributed by atoms with Crippen LogP contribution in [0.2, 0.25) is 0 Å². The molecule has 4 nitrogen and oxygen atoms in total. The quantitative estimate of drug-likeness (QED) is 0.298.